The Balaban J connectivity index is 1.40. The number of rotatable bonds is 3. The monoisotopic (exact) mass is 288 g/mol. The van der Waals surface area contributed by atoms with Crippen molar-refractivity contribution in [1.29, 1.82) is 0 Å². The molecule has 4 heteroatoms. The molecule has 1 aromatic rings. The van der Waals surface area contributed by atoms with Crippen molar-refractivity contribution < 1.29 is 9.47 Å². The van der Waals surface area contributed by atoms with Crippen LogP contribution in [0.15, 0.2) is 18.2 Å². The summed E-state index contributed by atoms with van der Waals surface area (Å²) in [5.74, 6) is 2.66. The lowest BCUT2D eigenvalue weighted by Gasteiger charge is -2.45. The second-order valence-electron chi connectivity index (χ2n) is 6.46. The Morgan fingerprint density at radius 3 is 2.67 bits per heavy atom. The number of nitrogens with one attached hydrogen (secondary N) is 1. The minimum atomic E-state index is 0.656. The molecule has 4 heterocycles. The molecule has 0 radical (unpaired) electrons. The second kappa shape index (κ2) is 5.85. The van der Waals surface area contributed by atoms with Crippen LogP contribution in [-0.2, 0) is 6.54 Å². The van der Waals surface area contributed by atoms with Crippen LogP contribution in [0.5, 0.6) is 11.5 Å². The van der Waals surface area contributed by atoms with Crippen molar-refractivity contribution in [1.82, 2.24) is 10.2 Å². The Kier molecular flexibility index (Phi) is 3.74. The molecule has 1 unspecified atom stereocenters. The van der Waals surface area contributed by atoms with Crippen LogP contribution in [0, 0.1) is 5.92 Å². The van der Waals surface area contributed by atoms with Gasteiger partial charge < -0.3 is 19.7 Å². The first kappa shape index (κ1) is 13.4. The first-order chi connectivity index (χ1) is 10.4. The third-order valence-electron chi connectivity index (χ3n) is 5.04. The Bertz CT molecular complexity index is 498. The highest BCUT2D eigenvalue weighted by Crippen LogP contribution is 2.31. The highest BCUT2D eigenvalue weighted by molar-refractivity contribution is 5.43. The second-order valence-corrected chi connectivity index (χ2v) is 6.46. The van der Waals surface area contributed by atoms with E-state index >= 15 is 0 Å². The zero-order valence-corrected chi connectivity index (χ0v) is 12.5. The lowest BCUT2D eigenvalue weighted by molar-refractivity contribution is 0.0720. The van der Waals surface area contributed by atoms with Crippen molar-refractivity contribution in [3.8, 4) is 11.5 Å². The Hall–Kier alpha value is -1.26. The van der Waals surface area contributed by atoms with Gasteiger partial charge in [-0.25, -0.2) is 0 Å². The van der Waals surface area contributed by atoms with Gasteiger partial charge in [-0.15, -0.1) is 0 Å². The van der Waals surface area contributed by atoms with E-state index in [9.17, 15) is 0 Å². The molecule has 1 aromatic carbocycles. The molecule has 2 bridgehead atoms. The number of hydrogen-bond donors (Lipinski definition) is 1. The Morgan fingerprint density at radius 2 is 1.90 bits per heavy atom. The molecule has 4 aliphatic heterocycles. The van der Waals surface area contributed by atoms with Crippen LogP contribution in [0.3, 0.4) is 0 Å². The van der Waals surface area contributed by atoms with Crippen molar-refractivity contribution in [2.75, 3.05) is 32.8 Å². The maximum atomic E-state index is 5.77. The summed E-state index contributed by atoms with van der Waals surface area (Å²) in [5.41, 5.74) is 1.29. The number of nitrogens with zero attached hydrogens (tertiary/aromatic N) is 1. The third kappa shape index (κ3) is 2.87. The van der Waals surface area contributed by atoms with E-state index in [1.165, 1.54) is 38.0 Å². The van der Waals surface area contributed by atoms with Crippen molar-refractivity contribution >= 4 is 0 Å². The van der Waals surface area contributed by atoms with Gasteiger partial charge in [0.2, 0.25) is 0 Å². The average molecular weight is 288 g/mol. The van der Waals surface area contributed by atoms with Crippen LogP contribution in [0.2, 0.25) is 0 Å². The van der Waals surface area contributed by atoms with E-state index in [1.807, 2.05) is 6.07 Å². The van der Waals surface area contributed by atoms with Gasteiger partial charge in [-0.2, -0.15) is 0 Å². The molecule has 21 heavy (non-hydrogen) atoms. The maximum Gasteiger partial charge on any atom is 0.161 e. The van der Waals surface area contributed by atoms with E-state index < -0.39 is 0 Å². The van der Waals surface area contributed by atoms with E-state index in [0.29, 0.717) is 6.04 Å². The molecule has 3 saturated heterocycles. The number of piperidine rings is 3. The molecular formula is C17H24N2O2. The minimum Gasteiger partial charge on any atom is -0.490 e. The molecular weight excluding hydrogens is 264 g/mol. The number of benzene rings is 1. The minimum absolute atomic E-state index is 0.656. The SMILES string of the molecule is c1cc2c(cc1CNC1CN3CCC1CC3)OCCCO2. The topological polar surface area (TPSA) is 33.7 Å². The number of hydrogen-bond acceptors (Lipinski definition) is 4. The van der Waals surface area contributed by atoms with Gasteiger partial charge in [0.25, 0.3) is 0 Å². The van der Waals surface area contributed by atoms with Gasteiger partial charge in [-0.1, -0.05) is 6.07 Å². The Morgan fingerprint density at radius 1 is 1.10 bits per heavy atom. The summed E-state index contributed by atoms with van der Waals surface area (Å²) < 4.78 is 11.5. The van der Waals surface area contributed by atoms with Gasteiger partial charge in [0.05, 0.1) is 13.2 Å². The molecule has 4 nitrogen and oxygen atoms in total. The summed E-state index contributed by atoms with van der Waals surface area (Å²) in [6.07, 6.45) is 3.68. The number of fused-ring (bicyclic) bond motifs is 4. The fraction of sp³-hybridized carbons (Fsp3) is 0.647. The molecule has 114 valence electrons. The molecule has 1 N–H and O–H groups in total. The smallest absolute Gasteiger partial charge is 0.161 e. The summed E-state index contributed by atoms with van der Waals surface area (Å²) >= 11 is 0. The van der Waals surface area contributed by atoms with Crippen LogP contribution < -0.4 is 14.8 Å². The standard InChI is InChI=1S/C17H24N2O2/c1-8-20-16-3-2-13(10-17(16)21-9-1)11-18-15-12-19-6-4-14(15)5-7-19/h2-3,10,14-15,18H,1,4-9,11-12H2. The van der Waals surface area contributed by atoms with Gasteiger partial charge in [0.15, 0.2) is 11.5 Å². The summed E-state index contributed by atoms with van der Waals surface area (Å²) in [6.45, 7) is 6.24. The van der Waals surface area contributed by atoms with Gasteiger partial charge in [0.1, 0.15) is 0 Å². The largest absolute Gasteiger partial charge is 0.490 e. The summed E-state index contributed by atoms with van der Waals surface area (Å²) in [6, 6.07) is 6.99. The molecule has 0 aliphatic carbocycles. The molecule has 0 spiro atoms. The van der Waals surface area contributed by atoms with Crippen molar-refractivity contribution in [2.45, 2.75) is 31.8 Å². The van der Waals surface area contributed by atoms with Crippen LogP contribution >= 0.6 is 0 Å². The molecule has 0 aromatic heterocycles. The van der Waals surface area contributed by atoms with E-state index in [-0.39, 0.29) is 0 Å². The zero-order chi connectivity index (χ0) is 14.1. The zero-order valence-electron chi connectivity index (χ0n) is 12.5. The van der Waals surface area contributed by atoms with Crippen molar-refractivity contribution in [3.63, 3.8) is 0 Å². The highest BCUT2D eigenvalue weighted by Gasteiger charge is 2.33. The van der Waals surface area contributed by atoms with E-state index in [2.05, 4.69) is 22.3 Å². The van der Waals surface area contributed by atoms with Gasteiger partial charge in [0, 0.05) is 25.6 Å². The van der Waals surface area contributed by atoms with Crippen LogP contribution in [-0.4, -0.2) is 43.8 Å². The molecule has 0 amide bonds. The predicted octanol–water partition coefficient (Wildman–Crippen LogP) is 2.03. The summed E-state index contributed by atoms with van der Waals surface area (Å²) in [4.78, 5) is 2.59. The van der Waals surface area contributed by atoms with Gasteiger partial charge in [-0.3, -0.25) is 0 Å². The fourth-order valence-electron chi connectivity index (χ4n) is 3.76. The van der Waals surface area contributed by atoms with Gasteiger partial charge >= 0.3 is 0 Å². The number of ether oxygens (including phenoxy) is 2. The first-order valence-corrected chi connectivity index (χ1v) is 8.23. The van der Waals surface area contributed by atoms with Crippen molar-refractivity contribution in [3.05, 3.63) is 23.8 Å². The molecule has 0 saturated carbocycles. The first-order valence-electron chi connectivity index (χ1n) is 8.23. The lowest BCUT2D eigenvalue weighted by atomic mass is 9.84. The molecule has 4 aliphatic rings. The summed E-state index contributed by atoms with van der Waals surface area (Å²) in [7, 11) is 0. The molecule has 3 fully saturated rings. The summed E-state index contributed by atoms with van der Waals surface area (Å²) in [5, 5.41) is 3.75. The van der Waals surface area contributed by atoms with E-state index in [0.717, 1.165) is 43.6 Å². The average Bonchev–Trinajstić information content (AvgIpc) is 2.79. The highest BCUT2D eigenvalue weighted by atomic mass is 16.5. The molecule has 5 rings (SSSR count). The third-order valence-corrected chi connectivity index (χ3v) is 5.04. The quantitative estimate of drug-likeness (QED) is 0.923. The normalized spacial score (nSPS) is 31.0. The maximum absolute atomic E-state index is 5.77. The van der Waals surface area contributed by atoms with Crippen LogP contribution in [0.1, 0.15) is 24.8 Å². The predicted molar refractivity (Wildman–Crippen MR) is 81.8 cm³/mol. The van der Waals surface area contributed by atoms with Crippen molar-refractivity contribution in [2.24, 2.45) is 5.92 Å². The van der Waals surface area contributed by atoms with E-state index in [1.54, 1.807) is 0 Å². The van der Waals surface area contributed by atoms with E-state index in [4.69, 9.17) is 9.47 Å². The van der Waals surface area contributed by atoms with Crippen LogP contribution in [0.25, 0.3) is 0 Å². The van der Waals surface area contributed by atoms with Gasteiger partial charge in [-0.05, 0) is 49.5 Å². The lowest BCUT2D eigenvalue weighted by Crippen LogP contribution is -2.55. The van der Waals surface area contributed by atoms with Crippen LogP contribution in [0.4, 0.5) is 0 Å². The fourth-order valence-corrected chi connectivity index (χ4v) is 3.76. The molecule has 1 atom stereocenters. The Labute approximate surface area is 126 Å².